The molecular formula is C10H11NO3. The molecule has 0 aliphatic heterocycles. The van der Waals surface area contributed by atoms with Gasteiger partial charge in [0.2, 0.25) is 5.76 Å². The second kappa shape index (κ2) is 5.10. The Hall–Kier alpha value is -1.73. The van der Waals surface area contributed by atoms with Gasteiger partial charge in [-0.3, -0.25) is 0 Å². The normalized spacial score (nSPS) is 9.00. The van der Waals surface area contributed by atoms with Gasteiger partial charge in [0.15, 0.2) is 5.76 Å². The fourth-order valence-electron chi connectivity index (χ4n) is 0.835. The molecule has 0 saturated heterocycles. The largest absolute Gasteiger partial charge is 0.463 e. The number of hydrogen-bond donors (Lipinski definition) is 1. The molecule has 74 valence electrons. The van der Waals surface area contributed by atoms with Crippen LogP contribution in [0.2, 0.25) is 0 Å². The van der Waals surface area contributed by atoms with E-state index in [-0.39, 0.29) is 5.76 Å². The van der Waals surface area contributed by atoms with Gasteiger partial charge in [-0.05, 0) is 25.1 Å². The van der Waals surface area contributed by atoms with Crippen LogP contribution in [0.1, 0.15) is 16.3 Å². The molecule has 0 fully saturated rings. The lowest BCUT2D eigenvalue weighted by atomic mass is 10.4. The first-order chi connectivity index (χ1) is 6.77. The first-order valence-electron chi connectivity index (χ1n) is 4.09. The second-order valence-electron chi connectivity index (χ2n) is 2.49. The molecule has 1 N–H and O–H groups in total. The lowest BCUT2D eigenvalue weighted by Crippen LogP contribution is -2.04. The van der Waals surface area contributed by atoms with Crippen molar-refractivity contribution in [2.75, 3.05) is 20.7 Å². The predicted octanol–water partition coefficient (Wildman–Crippen LogP) is 0.637. The van der Waals surface area contributed by atoms with E-state index in [1.165, 1.54) is 13.2 Å². The van der Waals surface area contributed by atoms with E-state index in [0.717, 1.165) is 0 Å². The molecule has 0 aliphatic carbocycles. The Balaban J connectivity index is 2.70. The van der Waals surface area contributed by atoms with E-state index < -0.39 is 5.97 Å². The van der Waals surface area contributed by atoms with E-state index in [0.29, 0.717) is 12.3 Å². The zero-order valence-electron chi connectivity index (χ0n) is 8.09. The van der Waals surface area contributed by atoms with Crippen LogP contribution in [0.3, 0.4) is 0 Å². The van der Waals surface area contributed by atoms with Crippen LogP contribution in [0.25, 0.3) is 0 Å². The highest BCUT2D eigenvalue weighted by Crippen LogP contribution is 2.07. The zero-order chi connectivity index (χ0) is 10.4. The average molecular weight is 193 g/mol. The molecule has 4 heteroatoms. The number of furan rings is 1. The summed E-state index contributed by atoms with van der Waals surface area (Å²) in [7, 11) is 3.11. The van der Waals surface area contributed by atoms with Crippen molar-refractivity contribution in [2.45, 2.75) is 0 Å². The van der Waals surface area contributed by atoms with E-state index in [1.54, 1.807) is 13.1 Å². The summed E-state index contributed by atoms with van der Waals surface area (Å²) in [5, 5.41) is 2.87. The molecule has 0 atom stereocenters. The summed E-state index contributed by atoms with van der Waals surface area (Å²) in [4.78, 5) is 11.0. The first kappa shape index (κ1) is 10.4. The van der Waals surface area contributed by atoms with E-state index >= 15 is 0 Å². The van der Waals surface area contributed by atoms with Gasteiger partial charge in [-0.1, -0.05) is 5.92 Å². The third-order valence-electron chi connectivity index (χ3n) is 1.47. The number of nitrogens with one attached hydrogen (secondary N) is 1. The van der Waals surface area contributed by atoms with Gasteiger partial charge in [0.1, 0.15) is 0 Å². The fraction of sp³-hybridized carbons (Fsp3) is 0.300. The summed E-state index contributed by atoms with van der Waals surface area (Å²) < 4.78 is 9.59. The van der Waals surface area contributed by atoms with Crippen LogP contribution in [0, 0.1) is 11.8 Å². The Kier molecular flexibility index (Phi) is 3.77. The molecule has 0 amide bonds. The maximum absolute atomic E-state index is 11.0. The highest BCUT2D eigenvalue weighted by molar-refractivity contribution is 5.86. The Bertz CT molecular complexity index is 370. The molecule has 14 heavy (non-hydrogen) atoms. The highest BCUT2D eigenvalue weighted by Gasteiger charge is 2.09. The van der Waals surface area contributed by atoms with Crippen LogP contribution in [-0.2, 0) is 4.74 Å². The summed E-state index contributed by atoms with van der Waals surface area (Å²) in [6.45, 7) is 0.578. The molecule has 0 radical (unpaired) electrons. The smallest absolute Gasteiger partial charge is 0.374 e. The molecule has 0 bridgehead atoms. The van der Waals surface area contributed by atoms with Crippen LogP contribution < -0.4 is 5.32 Å². The summed E-state index contributed by atoms with van der Waals surface area (Å²) >= 11 is 0. The number of carbonyl (C=O) groups excluding carboxylic acids is 1. The summed E-state index contributed by atoms with van der Waals surface area (Å²) in [5.41, 5.74) is 0. The van der Waals surface area contributed by atoms with Gasteiger partial charge in [-0.25, -0.2) is 4.79 Å². The van der Waals surface area contributed by atoms with Gasteiger partial charge in [-0.15, -0.1) is 0 Å². The molecule has 0 aliphatic rings. The Morgan fingerprint density at radius 2 is 2.43 bits per heavy atom. The zero-order valence-corrected chi connectivity index (χ0v) is 8.09. The van der Waals surface area contributed by atoms with Crippen LogP contribution in [-0.4, -0.2) is 26.7 Å². The van der Waals surface area contributed by atoms with E-state index in [4.69, 9.17) is 4.42 Å². The number of esters is 1. The third-order valence-corrected chi connectivity index (χ3v) is 1.47. The lowest BCUT2D eigenvalue weighted by molar-refractivity contribution is 0.0564. The minimum Gasteiger partial charge on any atom is -0.463 e. The highest BCUT2D eigenvalue weighted by atomic mass is 16.5. The summed E-state index contributed by atoms with van der Waals surface area (Å²) in [6, 6.07) is 3.17. The SMILES string of the molecule is CNCC#Cc1ccc(C(=O)OC)o1. The molecule has 0 saturated carbocycles. The fourth-order valence-corrected chi connectivity index (χ4v) is 0.835. The standard InChI is InChI=1S/C10H11NO3/c1-11-7-3-4-8-5-6-9(14-8)10(12)13-2/h5-6,11H,7H2,1-2H3. The van der Waals surface area contributed by atoms with Crippen LogP contribution in [0.5, 0.6) is 0 Å². The topological polar surface area (TPSA) is 51.5 Å². The number of carbonyl (C=O) groups is 1. The van der Waals surface area contributed by atoms with Crippen molar-refractivity contribution in [3.8, 4) is 11.8 Å². The number of hydrogen-bond acceptors (Lipinski definition) is 4. The second-order valence-corrected chi connectivity index (χ2v) is 2.49. The maximum Gasteiger partial charge on any atom is 0.374 e. The maximum atomic E-state index is 11.0. The van der Waals surface area contributed by atoms with Gasteiger partial charge < -0.3 is 14.5 Å². The van der Waals surface area contributed by atoms with E-state index in [1.807, 2.05) is 0 Å². The van der Waals surface area contributed by atoms with Crippen molar-refractivity contribution < 1.29 is 13.9 Å². The van der Waals surface area contributed by atoms with E-state index in [9.17, 15) is 4.79 Å². The number of ether oxygens (including phenoxy) is 1. The molecule has 4 nitrogen and oxygen atoms in total. The Labute approximate surface area is 82.2 Å². The quantitative estimate of drug-likeness (QED) is 0.553. The monoisotopic (exact) mass is 193 g/mol. The number of rotatable bonds is 2. The van der Waals surface area contributed by atoms with Crippen LogP contribution in [0.4, 0.5) is 0 Å². The number of methoxy groups -OCH3 is 1. The molecule has 0 unspecified atom stereocenters. The average Bonchev–Trinajstić information content (AvgIpc) is 2.66. The van der Waals surface area contributed by atoms with Crippen molar-refractivity contribution in [1.82, 2.24) is 5.32 Å². The third kappa shape index (κ3) is 2.64. The van der Waals surface area contributed by atoms with Crippen molar-refractivity contribution in [3.05, 3.63) is 23.7 Å². The minimum absolute atomic E-state index is 0.168. The van der Waals surface area contributed by atoms with Crippen LogP contribution >= 0.6 is 0 Å². The van der Waals surface area contributed by atoms with Gasteiger partial charge >= 0.3 is 5.97 Å². The van der Waals surface area contributed by atoms with Crippen molar-refractivity contribution in [2.24, 2.45) is 0 Å². The van der Waals surface area contributed by atoms with E-state index in [2.05, 4.69) is 21.9 Å². The minimum atomic E-state index is -0.494. The lowest BCUT2D eigenvalue weighted by Gasteiger charge is -1.90. The van der Waals surface area contributed by atoms with Crippen molar-refractivity contribution in [3.63, 3.8) is 0 Å². The van der Waals surface area contributed by atoms with Gasteiger partial charge in [0.05, 0.1) is 13.7 Å². The Morgan fingerprint density at radius 1 is 1.64 bits per heavy atom. The molecule has 1 rings (SSSR count). The molecule has 1 aromatic rings. The summed E-state index contributed by atoms with van der Waals surface area (Å²) in [5.74, 6) is 5.71. The van der Waals surface area contributed by atoms with Crippen molar-refractivity contribution in [1.29, 1.82) is 0 Å². The van der Waals surface area contributed by atoms with Crippen molar-refractivity contribution >= 4 is 5.97 Å². The molecular weight excluding hydrogens is 182 g/mol. The molecule has 1 heterocycles. The Morgan fingerprint density at radius 3 is 3.07 bits per heavy atom. The molecule has 0 spiro atoms. The van der Waals surface area contributed by atoms with Crippen LogP contribution in [0.15, 0.2) is 16.5 Å². The summed E-state index contributed by atoms with van der Waals surface area (Å²) in [6.07, 6.45) is 0. The molecule has 1 aromatic heterocycles. The molecule has 0 aromatic carbocycles. The predicted molar refractivity (Wildman–Crippen MR) is 50.9 cm³/mol. The van der Waals surface area contributed by atoms with Gasteiger partial charge in [-0.2, -0.15) is 0 Å². The van der Waals surface area contributed by atoms with Gasteiger partial charge in [0, 0.05) is 0 Å². The van der Waals surface area contributed by atoms with Gasteiger partial charge in [0.25, 0.3) is 0 Å². The first-order valence-corrected chi connectivity index (χ1v) is 4.09.